The first kappa shape index (κ1) is 14.5. The first-order valence-electron chi connectivity index (χ1n) is 6.70. The van der Waals surface area contributed by atoms with Crippen LogP contribution in [0, 0.1) is 6.92 Å². The first-order chi connectivity index (χ1) is 8.98. The van der Waals surface area contributed by atoms with E-state index in [0.29, 0.717) is 11.4 Å². The zero-order valence-electron chi connectivity index (χ0n) is 11.5. The molecule has 1 aliphatic carbocycles. The number of aromatic amines is 1. The molecule has 0 atom stereocenters. The third-order valence-electron chi connectivity index (χ3n) is 3.88. The average Bonchev–Trinajstić information content (AvgIpc) is 2.80. The first-order valence-corrected chi connectivity index (χ1v) is 8.14. The van der Waals surface area contributed by atoms with Crippen LogP contribution in [-0.2, 0) is 16.6 Å². The molecule has 1 aromatic rings. The van der Waals surface area contributed by atoms with Gasteiger partial charge in [0.05, 0.1) is 11.4 Å². The van der Waals surface area contributed by atoms with E-state index in [4.69, 9.17) is 5.73 Å². The van der Waals surface area contributed by atoms with Crippen LogP contribution in [0.1, 0.15) is 43.5 Å². The average molecular weight is 286 g/mol. The summed E-state index contributed by atoms with van der Waals surface area (Å²) in [5.41, 5.74) is 6.55. The van der Waals surface area contributed by atoms with Crippen molar-refractivity contribution in [1.82, 2.24) is 14.5 Å². The molecular formula is C12H22N4O2S. The number of nitrogens with one attached hydrogen (secondary N) is 1. The Morgan fingerprint density at radius 2 is 2.00 bits per heavy atom. The van der Waals surface area contributed by atoms with Crippen molar-refractivity contribution >= 4 is 10.0 Å². The van der Waals surface area contributed by atoms with Gasteiger partial charge in [-0.25, -0.2) is 8.42 Å². The Bertz CT molecular complexity index is 532. The van der Waals surface area contributed by atoms with Gasteiger partial charge in [-0.2, -0.15) is 9.40 Å². The lowest BCUT2D eigenvalue weighted by Crippen LogP contribution is -2.38. The minimum absolute atomic E-state index is 0.0960. The lowest BCUT2D eigenvalue weighted by Gasteiger charge is -2.30. The Kier molecular flexibility index (Phi) is 4.27. The Hall–Kier alpha value is -0.920. The number of rotatable bonds is 4. The topological polar surface area (TPSA) is 92.1 Å². The molecule has 0 aliphatic heterocycles. The summed E-state index contributed by atoms with van der Waals surface area (Å²) in [6.07, 6.45) is 5.26. The zero-order valence-corrected chi connectivity index (χ0v) is 12.3. The summed E-state index contributed by atoms with van der Waals surface area (Å²) in [5.74, 6) is 0. The highest BCUT2D eigenvalue weighted by molar-refractivity contribution is 7.89. The van der Waals surface area contributed by atoms with Gasteiger partial charge in [-0.15, -0.1) is 0 Å². The van der Waals surface area contributed by atoms with Crippen LogP contribution in [0.3, 0.4) is 0 Å². The molecule has 0 bridgehead atoms. The van der Waals surface area contributed by atoms with Crippen molar-refractivity contribution in [3.8, 4) is 0 Å². The van der Waals surface area contributed by atoms with Crippen molar-refractivity contribution in [2.75, 3.05) is 7.05 Å². The molecule has 2 rings (SSSR count). The van der Waals surface area contributed by atoms with Gasteiger partial charge in [-0.3, -0.25) is 5.10 Å². The van der Waals surface area contributed by atoms with Gasteiger partial charge in [-0.1, -0.05) is 19.3 Å². The summed E-state index contributed by atoms with van der Waals surface area (Å²) in [7, 11) is -1.84. The van der Waals surface area contributed by atoms with Gasteiger partial charge >= 0.3 is 0 Å². The Morgan fingerprint density at radius 1 is 1.37 bits per heavy atom. The van der Waals surface area contributed by atoms with E-state index in [1.807, 2.05) is 0 Å². The summed E-state index contributed by atoms with van der Waals surface area (Å²) in [5, 5.41) is 6.69. The van der Waals surface area contributed by atoms with Crippen molar-refractivity contribution in [1.29, 1.82) is 0 Å². The number of aryl methyl sites for hydroxylation is 1. The lowest BCUT2D eigenvalue weighted by atomic mass is 9.96. The highest BCUT2D eigenvalue weighted by Crippen LogP contribution is 2.28. The van der Waals surface area contributed by atoms with Crippen molar-refractivity contribution in [3.63, 3.8) is 0 Å². The Balaban J connectivity index is 2.33. The quantitative estimate of drug-likeness (QED) is 0.868. The van der Waals surface area contributed by atoms with Crippen LogP contribution in [0.2, 0.25) is 0 Å². The third-order valence-corrected chi connectivity index (χ3v) is 5.99. The van der Waals surface area contributed by atoms with Gasteiger partial charge in [0.2, 0.25) is 10.0 Å². The van der Waals surface area contributed by atoms with E-state index in [1.165, 1.54) is 10.7 Å². The molecule has 1 saturated carbocycles. The number of nitrogens with zero attached hydrogens (tertiary/aromatic N) is 2. The summed E-state index contributed by atoms with van der Waals surface area (Å²) in [6, 6.07) is 0.0960. The van der Waals surface area contributed by atoms with E-state index >= 15 is 0 Å². The van der Waals surface area contributed by atoms with E-state index in [2.05, 4.69) is 10.2 Å². The number of aromatic nitrogens is 2. The van der Waals surface area contributed by atoms with Gasteiger partial charge in [0, 0.05) is 19.6 Å². The number of sulfonamides is 1. The maximum Gasteiger partial charge on any atom is 0.246 e. The van der Waals surface area contributed by atoms with Gasteiger partial charge in [-0.05, 0) is 19.8 Å². The number of nitrogens with two attached hydrogens (primary N) is 1. The fraction of sp³-hybridized carbons (Fsp3) is 0.750. The van der Waals surface area contributed by atoms with E-state index in [-0.39, 0.29) is 17.5 Å². The fourth-order valence-electron chi connectivity index (χ4n) is 2.73. The molecule has 3 N–H and O–H groups in total. The van der Waals surface area contributed by atoms with Crippen molar-refractivity contribution in [3.05, 3.63) is 11.4 Å². The minimum Gasteiger partial charge on any atom is -0.325 e. The van der Waals surface area contributed by atoms with Gasteiger partial charge in [0.1, 0.15) is 4.90 Å². The molecule has 1 fully saturated rings. The second kappa shape index (κ2) is 5.60. The SMILES string of the molecule is Cc1[nH]nc(CN)c1S(=O)(=O)N(C)C1CCCCC1. The molecule has 0 spiro atoms. The molecule has 6 nitrogen and oxygen atoms in total. The second-order valence-corrected chi connectivity index (χ2v) is 7.08. The van der Waals surface area contributed by atoms with E-state index < -0.39 is 10.0 Å². The summed E-state index contributed by atoms with van der Waals surface area (Å²) in [6.45, 7) is 1.84. The van der Waals surface area contributed by atoms with Gasteiger partial charge in [0.15, 0.2) is 0 Å². The molecular weight excluding hydrogens is 264 g/mol. The molecule has 1 heterocycles. The molecule has 0 amide bonds. The summed E-state index contributed by atoms with van der Waals surface area (Å²) < 4.78 is 26.9. The third kappa shape index (κ3) is 2.68. The monoisotopic (exact) mass is 286 g/mol. The molecule has 1 aliphatic rings. The molecule has 0 saturated heterocycles. The molecule has 7 heteroatoms. The smallest absolute Gasteiger partial charge is 0.246 e. The van der Waals surface area contributed by atoms with Crippen molar-refractivity contribution in [2.24, 2.45) is 5.73 Å². The van der Waals surface area contributed by atoms with Crippen LogP contribution in [0.5, 0.6) is 0 Å². The molecule has 0 unspecified atom stereocenters. The summed E-state index contributed by atoms with van der Waals surface area (Å²) in [4.78, 5) is 0.253. The number of H-pyrrole nitrogens is 1. The van der Waals surface area contributed by atoms with Crippen LogP contribution in [0.15, 0.2) is 4.90 Å². The second-order valence-electron chi connectivity index (χ2n) is 5.14. The van der Waals surface area contributed by atoms with E-state index in [9.17, 15) is 8.42 Å². The largest absolute Gasteiger partial charge is 0.325 e. The highest BCUT2D eigenvalue weighted by Gasteiger charge is 2.33. The maximum absolute atomic E-state index is 12.7. The standard InChI is InChI=1S/C12H22N4O2S/c1-9-12(11(8-13)15-14-9)19(17,18)16(2)10-6-4-3-5-7-10/h10H,3-8,13H2,1-2H3,(H,14,15). The van der Waals surface area contributed by atoms with Gasteiger partial charge in [0.25, 0.3) is 0 Å². The zero-order chi connectivity index (χ0) is 14.0. The van der Waals surface area contributed by atoms with Crippen LogP contribution in [0.25, 0.3) is 0 Å². The highest BCUT2D eigenvalue weighted by atomic mass is 32.2. The number of hydrogen-bond acceptors (Lipinski definition) is 4. The molecule has 0 aromatic carbocycles. The predicted octanol–water partition coefficient (Wildman–Crippen LogP) is 1.13. The Labute approximate surface area is 114 Å². The Morgan fingerprint density at radius 3 is 2.58 bits per heavy atom. The normalized spacial score (nSPS) is 18.1. The van der Waals surface area contributed by atoms with Crippen molar-refractivity contribution < 1.29 is 8.42 Å². The number of hydrogen-bond donors (Lipinski definition) is 2. The van der Waals surface area contributed by atoms with E-state index in [1.54, 1.807) is 14.0 Å². The van der Waals surface area contributed by atoms with Crippen LogP contribution < -0.4 is 5.73 Å². The van der Waals surface area contributed by atoms with Crippen LogP contribution in [-0.4, -0.2) is 36.0 Å². The predicted molar refractivity (Wildman–Crippen MR) is 73.0 cm³/mol. The molecule has 108 valence electrons. The van der Waals surface area contributed by atoms with Crippen LogP contribution in [0.4, 0.5) is 0 Å². The minimum atomic E-state index is -3.51. The van der Waals surface area contributed by atoms with Gasteiger partial charge < -0.3 is 5.73 Å². The fourth-order valence-corrected chi connectivity index (χ4v) is 4.49. The molecule has 0 radical (unpaired) electrons. The molecule has 19 heavy (non-hydrogen) atoms. The summed E-state index contributed by atoms with van der Waals surface area (Å²) >= 11 is 0. The van der Waals surface area contributed by atoms with Crippen LogP contribution >= 0.6 is 0 Å². The van der Waals surface area contributed by atoms with E-state index in [0.717, 1.165) is 25.7 Å². The van der Waals surface area contributed by atoms with Crippen molar-refractivity contribution in [2.45, 2.75) is 56.5 Å². The lowest BCUT2D eigenvalue weighted by molar-refractivity contribution is 0.285. The molecule has 1 aromatic heterocycles. The maximum atomic E-state index is 12.7.